The van der Waals surface area contributed by atoms with E-state index in [4.69, 9.17) is 0 Å². The van der Waals surface area contributed by atoms with Crippen LogP contribution in [0.25, 0.3) is 0 Å². The highest BCUT2D eigenvalue weighted by Gasteiger charge is 2.35. The van der Waals surface area contributed by atoms with Gasteiger partial charge in [-0.3, -0.25) is 0 Å². The molecule has 0 amide bonds. The number of benzene rings is 3. The fourth-order valence-electron chi connectivity index (χ4n) is 5.73. The van der Waals surface area contributed by atoms with Crippen molar-refractivity contribution in [2.45, 2.75) is 22.9 Å². The fraction of sp³-hybridized carbons (Fsp3) is 0.438. The Labute approximate surface area is 263 Å². The van der Waals surface area contributed by atoms with E-state index in [1.807, 2.05) is 66.7 Å². The molecule has 5 rings (SSSR count). The Bertz CT molecular complexity index is 1500. The van der Waals surface area contributed by atoms with E-state index >= 15 is 0 Å². The molecule has 0 N–H and O–H groups in total. The van der Waals surface area contributed by atoms with E-state index in [1.54, 1.807) is 14.1 Å². The average molecular weight is 641 g/mol. The molecule has 0 atom stereocenters. The highest BCUT2D eigenvalue weighted by atomic mass is 32.2. The Hall–Kier alpha value is -3.00. The molecular weight excluding hydrogens is 597 g/mol. The van der Waals surface area contributed by atoms with E-state index in [9.17, 15) is 16.8 Å². The zero-order valence-electron chi connectivity index (χ0n) is 26.1. The van der Waals surface area contributed by atoms with Crippen LogP contribution in [0.5, 0.6) is 0 Å². The van der Waals surface area contributed by atoms with Gasteiger partial charge in [0.1, 0.15) is 9.79 Å². The van der Waals surface area contributed by atoms with Crippen LogP contribution in [0.2, 0.25) is 0 Å². The van der Waals surface area contributed by atoms with Gasteiger partial charge < -0.3 is 19.6 Å². The van der Waals surface area contributed by atoms with Gasteiger partial charge in [-0.05, 0) is 37.4 Å². The number of nitrogens with zero attached hydrogens (tertiary/aromatic N) is 6. The Kier molecular flexibility index (Phi) is 9.98. The third-order valence-corrected chi connectivity index (χ3v) is 12.3. The van der Waals surface area contributed by atoms with Crippen molar-refractivity contribution in [1.82, 2.24) is 18.4 Å². The Morgan fingerprint density at radius 2 is 0.886 bits per heavy atom. The van der Waals surface area contributed by atoms with E-state index in [1.165, 1.54) is 14.7 Å². The Balaban J connectivity index is 1.65. The first kappa shape index (κ1) is 32.4. The van der Waals surface area contributed by atoms with Crippen LogP contribution in [0.15, 0.2) is 82.6 Å². The summed E-state index contributed by atoms with van der Waals surface area (Å²) in [6, 6.07) is 22.1. The average Bonchev–Trinajstić information content (AvgIpc) is 3.02. The van der Waals surface area contributed by atoms with Crippen molar-refractivity contribution in [3.05, 3.63) is 83.9 Å². The number of sulfonamides is 2. The fourth-order valence-corrected chi connectivity index (χ4v) is 8.55. The van der Waals surface area contributed by atoms with Crippen LogP contribution in [0.4, 0.5) is 11.4 Å². The molecule has 2 heterocycles. The minimum absolute atomic E-state index is 0.0186. The van der Waals surface area contributed by atoms with Crippen LogP contribution in [-0.4, -0.2) is 116 Å². The molecule has 2 aliphatic rings. The van der Waals surface area contributed by atoms with Crippen LogP contribution in [0.1, 0.15) is 11.1 Å². The first-order valence-corrected chi connectivity index (χ1v) is 17.9. The van der Waals surface area contributed by atoms with Crippen molar-refractivity contribution in [3.8, 4) is 0 Å². The van der Waals surface area contributed by atoms with Gasteiger partial charge in [0, 0.05) is 79.5 Å². The van der Waals surface area contributed by atoms with Gasteiger partial charge in [-0.15, -0.1) is 0 Å². The first-order valence-electron chi connectivity index (χ1n) is 15.0. The molecule has 0 aliphatic carbocycles. The highest BCUT2D eigenvalue weighted by Crippen LogP contribution is 2.39. The van der Waals surface area contributed by atoms with Gasteiger partial charge >= 0.3 is 0 Å². The molecule has 44 heavy (non-hydrogen) atoms. The maximum Gasteiger partial charge on any atom is 0.245 e. The molecule has 2 fully saturated rings. The Morgan fingerprint density at radius 1 is 0.545 bits per heavy atom. The zero-order chi connectivity index (χ0) is 31.5. The summed E-state index contributed by atoms with van der Waals surface area (Å²) in [6.07, 6.45) is 0. The second kappa shape index (κ2) is 13.6. The summed E-state index contributed by atoms with van der Waals surface area (Å²) >= 11 is 0. The number of anilines is 2. The van der Waals surface area contributed by atoms with Crippen LogP contribution >= 0.6 is 0 Å². The summed E-state index contributed by atoms with van der Waals surface area (Å²) in [5.74, 6) is 0. The molecule has 0 unspecified atom stereocenters. The largest absolute Gasteiger partial charge is 0.368 e. The molecule has 0 bridgehead atoms. The molecule has 0 radical (unpaired) electrons. The minimum Gasteiger partial charge on any atom is -0.368 e. The summed E-state index contributed by atoms with van der Waals surface area (Å²) in [4.78, 5) is 8.64. The van der Waals surface area contributed by atoms with Gasteiger partial charge in [0.25, 0.3) is 0 Å². The van der Waals surface area contributed by atoms with Gasteiger partial charge in [-0.2, -0.15) is 8.61 Å². The number of hydrogen-bond acceptors (Lipinski definition) is 8. The topological polar surface area (TPSA) is 87.7 Å². The van der Waals surface area contributed by atoms with E-state index in [2.05, 4.69) is 33.7 Å². The smallest absolute Gasteiger partial charge is 0.245 e. The van der Waals surface area contributed by atoms with Crippen LogP contribution in [0.3, 0.4) is 0 Å². The van der Waals surface area contributed by atoms with E-state index in [-0.39, 0.29) is 22.9 Å². The van der Waals surface area contributed by atoms with E-state index < -0.39 is 20.0 Å². The molecule has 0 spiro atoms. The molecule has 238 valence electrons. The quantitative estimate of drug-likeness (QED) is 0.335. The SMILES string of the molecule is CN1CCN(c2cc(N3CCN(C)CC3)c(S(=O)(=O)N(C)Cc3ccccc3)cc2S(=O)(=O)N(C)Cc2ccccc2)CC1. The summed E-state index contributed by atoms with van der Waals surface area (Å²) in [5, 5.41) is 0. The standard InChI is InChI=1S/C32H44N6O4S2/c1-33-15-19-37(20-16-33)29-23-30(38-21-17-34(2)18-22-38)32(44(41,42)36(4)26-28-13-9-6-10-14-28)24-31(29)43(39,40)35(3)25-27-11-7-5-8-12-27/h5-14,23-24H,15-22,25-26H2,1-4H3. The lowest BCUT2D eigenvalue weighted by molar-refractivity contribution is 0.311. The molecule has 2 aliphatic heterocycles. The van der Waals surface area contributed by atoms with Crippen molar-refractivity contribution in [2.24, 2.45) is 0 Å². The van der Waals surface area contributed by atoms with Crippen molar-refractivity contribution in [2.75, 3.05) is 90.3 Å². The van der Waals surface area contributed by atoms with Crippen molar-refractivity contribution in [1.29, 1.82) is 0 Å². The predicted molar refractivity (Wildman–Crippen MR) is 176 cm³/mol. The number of rotatable bonds is 10. The monoisotopic (exact) mass is 640 g/mol. The molecule has 12 heteroatoms. The predicted octanol–water partition coefficient (Wildman–Crippen LogP) is 2.83. The van der Waals surface area contributed by atoms with Gasteiger partial charge in [0.05, 0.1) is 11.4 Å². The summed E-state index contributed by atoms with van der Waals surface area (Å²) in [6.45, 7) is 6.03. The van der Waals surface area contributed by atoms with E-state index in [0.717, 1.165) is 37.3 Å². The van der Waals surface area contributed by atoms with Gasteiger partial charge in [-0.25, -0.2) is 16.8 Å². The Morgan fingerprint density at radius 3 is 1.23 bits per heavy atom. The second-order valence-corrected chi connectivity index (χ2v) is 15.9. The molecule has 0 aromatic heterocycles. The van der Waals surface area contributed by atoms with Crippen LogP contribution in [0, 0.1) is 0 Å². The van der Waals surface area contributed by atoms with Gasteiger partial charge in [0.15, 0.2) is 0 Å². The van der Waals surface area contributed by atoms with Gasteiger partial charge in [-0.1, -0.05) is 60.7 Å². The van der Waals surface area contributed by atoms with Crippen molar-refractivity contribution < 1.29 is 16.8 Å². The lowest BCUT2D eigenvalue weighted by Gasteiger charge is -2.38. The molecule has 2 saturated heterocycles. The summed E-state index contributed by atoms with van der Waals surface area (Å²) in [5.41, 5.74) is 2.81. The van der Waals surface area contributed by atoms with Crippen molar-refractivity contribution >= 4 is 31.4 Å². The summed E-state index contributed by atoms with van der Waals surface area (Å²) < 4.78 is 60.2. The van der Waals surface area contributed by atoms with Crippen LogP contribution < -0.4 is 9.80 Å². The lowest BCUT2D eigenvalue weighted by atomic mass is 10.2. The number of hydrogen-bond donors (Lipinski definition) is 0. The second-order valence-electron chi connectivity index (χ2n) is 11.9. The highest BCUT2D eigenvalue weighted by molar-refractivity contribution is 7.90. The normalized spacial score (nSPS) is 17.5. The maximum atomic E-state index is 14.4. The first-order chi connectivity index (χ1) is 21.0. The molecule has 0 saturated carbocycles. The third kappa shape index (κ3) is 7.11. The van der Waals surface area contributed by atoms with E-state index in [0.29, 0.717) is 37.6 Å². The lowest BCUT2D eigenvalue weighted by Crippen LogP contribution is -2.46. The molecule has 3 aromatic carbocycles. The molecular formula is C32H44N6O4S2. The zero-order valence-corrected chi connectivity index (χ0v) is 27.8. The van der Waals surface area contributed by atoms with Crippen LogP contribution in [-0.2, 0) is 33.1 Å². The third-order valence-electron chi connectivity index (χ3n) is 8.60. The number of likely N-dealkylation sites (N-methyl/N-ethyl adjacent to an activating group) is 2. The molecule has 3 aromatic rings. The molecule has 10 nitrogen and oxygen atoms in total. The van der Waals surface area contributed by atoms with Crippen molar-refractivity contribution in [3.63, 3.8) is 0 Å². The maximum absolute atomic E-state index is 14.4. The summed E-state index contributed by atoms with van der Waals surface area (Å²) in [7, 11) is -0.956. The number of piperazine rings is 2. The minimum atomic E-state index is -4.09. The van der Waals surface area contributed by atoms with Gasteiger partial charge in [0.2, 0.25) is 20.0 Å².